The highest BCUT2D eigenvalue weighted by molar-refractivity contribution is 7.99. The molecule has 0 aliphatic heterocycles. The van der Waals surface area contributed by atoms with Crippen LogP contribution in [0, 0.1) is 23.0 Å². The number of nitrogens with one attached hydrogen (secondary N) is 2. The number of nitrogens with zero attached hydrogens (tertiary/aromatic N) is 5. The zero-order valence-electron chi connectivity index (χ0n) is 19.5. The second kappa shape index (κ2) is 10.6. The summed E-state index contributed by atoms with van der Waals surface area (Å²) in [4.78, 5) is 32.5. The van der Waals surface area contributed by atoms with Gasteiger partial charge in [-0.3, -0.25) is 14.9 Å². The van der Waals surface area contributed by atoms with Crippen LogP contribution in [0.15, 0.2) is 29.6 Å². The number of hydrogen-bond donors (Lipinski definition) is 2. The number of fused-ring (bicyclic) bond motifs is 1. The molecule has 0 radical (unpaired) electrons. The molecule has 2 N–H and O–H groups in total. The van der Waals surface area contributed by atoms with E-state index in [1.165, 1.54) is 6.07 Å². The topological polar surface area (TPSA) is 128 Å². The summed E-state index contributed by atoms with van der Waals surface area (Å²) in [7, 11) is 0. The van der Waals surface area contributed by atoms with E-state index in [0.29, 0.717) is 40.6 Å². The van der Waals surface area contributed by atoms with Gasteiger partial charge in [-0.15, -0.1) is 0 Å². The van der Waals surface area contributed by atoms with E-state index in [2.05, 4.69) is 53.4 Å². The van der Waals surface area contributed by atoms with Crippen molar-refractivity contribution in [2.75, 3.05) is 18.4 Å². The van der Waals surface area contributed by atoms with Crippen molar-refractivity contribution in [3.63, 3.8) is 0 Å². The highest BCUT2D eigenvalue weighted by atomic mass is 32.2. The molecule has 3 rings (SSSR count). The number of nitro groups is 1. The lowest BCUT2D eigenvalue weighted by atomic mass is 10.1. The van der Waals surface area contributed by atoms with Gasteiger partial charge in [0, 0.05) is 35.5 Å². The fourth-order valence-corrected chi connectivity index (χ4v) is 3.83. The maximum absolute atomic E-state index is 12.5. The van der Waals surface area contributed by atoms with Crippen LogP contribution in [0.4, 0.5) is 11.5 Å². The van der Waals surface area contributed by atoms with E-state index < -0.39 is 4.92 Å². The lowest BCUT2D eigenvalue weighted by Gasteiger charge is -2.12. The van der Waals surface area contributed by atoms with E-state index in [0.717, 1.165) is 17.7 Å². The Morgan fingerprint density at radius 1 is 1.24 bits per heavy atom. The molecule has 0 bridgehead atoms. The second-order valence-corrected chi connectivity index (χ2v) is 9.96. The highest BCUT2D eigenvalue weighted by Gasteiger charge is 2.17. The third-order valence-corrected chi connectivity index (χ3v) is 5.64. The molecule has 33 heavy (non-hydrogen) atoms. The third kappa shape index (κ3) is 6.19. The number of thioether (sulfide) groups is 1. The summed E-state index contributed by atoms with van der Waals surface area (Å²) < 4.78 is 1.74. The van der Waals surface area contributed by atoms with Gasteiger partial charge in [-0.25, -0.2) is 14.6 Å². The van der Waals surface area contributed by atoms with Crippen LogP contribution in [0.5, 0.6) is 0 Å². The van der Waals surface area contributed by atoms with Gasteiger partial charge in [-0.2, -0.15) is 5.10 Å². The van der Waals surface area contributed by atoms with Crippen molar-refractivity contribution < 1.29 is 9.72 Å². The Balaban J connectivity index is 1.76. The van der Waals surface area contributed by atoms with E-state index in [9.17, 15) is 14.9 Å². The first-order chi connectivity index (χ1) is 15.7. The monoisotopic (exact) mass is 471 g/mol. The van der Waals surface area contributed by atoms with Gasteiger partial charge in [0.25, 0.3) is 11.6 Å². The number of aromatic nitrogens is 4. The van der Waals surface area contributed by atoms with E-state index in [1.54, 1.807) is 41.7 Å². The minimum absolute atomic E-state index is 0.0750. The maximum Gasteiger partial charge on any atom is 0.273 e. The molecule has 0 aliphatic carbocycles. The van der Waals surface area contributed by atoms with Gasteiger partial charge >= 0.3 is 0 Å². The highest BCUT2D eigenvalue weighted by Crippen LogP contribution is 2.26. The summed E-state index contributed by atoms with van der Waals surface area (Å²) in [6.07, 6.45) is 1.73. The molecule has 0 spiro atoms. The van der Waals surface area contributed by atoms with Crippen LogP contribution >= 0.6 is 11.8 Å². The van der Waals surface area contributed by atoms with Gasteiger partial charge in [0.15, 0.2) is 10.8 Å². The van der Waals surface area contributed by atoms with Crippen LogP contribution in [0.2, 0.25) is 0 Å². The molecule has 2 aromatic heterocycles. The standard InChI is InChI=1S/C22H29N7O3S/c1-13(2)11-24-19-17-12-25-28(20(17)27-22(26-19)33-14(3)4)9-8-23-21(30)16-7-6-15(5)18(10-16)29(31)32/h6-7,10,12-14H,8-9,11H2,1-5H3,(H,23,30)(H,24,26,27). The van der Waals surface area contributed by atoms with Crippen molar-refractivity contribution in [1.82, 2.24) is 25.1 Å². The molecule has 2 heterocycles. The fraction of sp³-hybridized carbons (Fsp3) is 0.455. The summed E-state index contributed by atoms with van der Waals surface area (Å²) in [5, 5.41) is 23.6. The molecule has 0 fully saturated rings. The molecule has 0 unspecified atom stereocenters. The maximum atomic E-state index is 12.5. The van der Waals surface area contributed by atoms with Crippen LogP contribution in [0.1, 0.15) is 43.6 Å². The first-order valence-corrected chi connectivity index (χ1v) is 11.7. The molecule has 1 amide bonds. The minimum Gasteiger partial charge on any atom is -0.369 e. The second-order valence-electron chi connectivity index (χ2n) is 8.42. The molecule has 176 valence electrons. The van der Waals surface area contributed by atoms with Gasteiger partial charge in [0.2, 0.25) is 0 Å². The number of hydrogen-bond acceptors (Lipinski definition) is 8. The Kier molecular flexibility index (Phi) is 7.85. The van der Waals surface area contributed by atoms with Crippen LogP contribution in [-0.2, 0) is 6.54 Å². The zero-order valence-corrected chi connectivity index (χ0v) is 20.3. The average molecular weight is 472 g/mol. The first kappa shape index (κ1) is 24.4. The lowest BCUT2D eigenvalue weighted by molar-refractivity contribution is -0.385. The average Bonchev–Trinajstić information content (AvgIpc) is 3.14. The van der Waals surface area contributed by atoms with Crippen molar-refractivity contribution in [2.24, 2.45) is 5.92 Å². The molecule has 3 aromatic rings. The van der Waals surface area contributed by atoms with Gasteiger partial charge in [0.05, 0.1) is 23.1 Å². The summed E-state index contributed by atoms with van der Waals surface area (Å²) >= 11 is 1.58. The largest absolute Gasteiger partial charge is 0.369 e. The van der Waals surface area contributed by atoms with Crippen molar-refractivity contribution in [3.05, 3.63) is 45.6 Å². The predicted molar refractivity (Wildman–Crippen MR) is 130 cm³/mol. The molecular formula is C22H29N7O3S. The minimum atomic E-state index is -0.487. The molecule has 0 aliphatic rings. The Morgan fingerprint density at radius 2 is 2.00 bits per heavy atom. The van der Waals surface area contributed by atoms with Crippen molar-refractivity contribution in [3.8, 4) is 0 Å². The van der Waals surface area contributed by atoms with E-state index >= 15 is 0 Å². The molecule has 10 nitrogen and oxygen atoms in total. The molecule has 0 atom stereocenters. The van der Waals surface area contributed by atoms with Crippen LogP contribution in [0.3, 0.4) is 0 Å². The first-order valence-electron chi connectivity index (χ1n) is 10.8. The zero-order chi connectivity index (χ0) is 24.1. The lowest BCUT2D eigenvalue weighted by Crippen LogP contribution is -2.27. The van der Waals surface area contributed by atoms with Crippen molar-refractivity contribution >= 4 is 40.2 Å². The Morgan fingerprint density at radius 3 is 2.67 bits per heavy atom. The number of rotatable bonds is 10. The number of nitro benzene ring substituents is 1. The smallest absolute Gasteiger partial charge is 0.273 e. The molecule has 11 heteroatoms. The van der Waals surface area contributed by atoms with Crippen LogP contribution < -0.4 is 10.6 Å². The van der Waals surface area contributed by atoms with E-state index in [4.69, 9.17) is 0 Å². The third-order valence-electron chi connectivity index (χ3n) is 4.77. The van der Waals surface area contributed by atoms with Gasteiger partial charge in [0.1, 0.15) is 5.82 Å². The van der Waals surface area contributed by atoms with Gasteiger partial charge < -0.3 is 10.6 Å². The molecule has 1 aromatic carbocycles. The quantitative estimate of drug-likeness (QED) is 0.196. The number of anilines is 1. The number of amides is 1. The van der Waals surface area contributed by atoms with Crippen molar-refractivity contribution in [1.29, 1.82) is 0 Å². The normalized spacial score (nSPS) is 11.4. The Labute approximate surface area is 196 Å². The molecule has 0 saturated carbocycles. The Hall–Kier alpha value is -3.21. The van der Waals surface area contributed by atoms with Gasteiger partial charge in [-0.05, 0) is 18.9 Å². The van der Waals surface area contributed by atoms with Crippen LogP contribution in [-0.4, -0.2) is 48.9 Å². The number of carbonyl (C=O) groups is 1. The van der Waals surface area contributed by atoms with Gasteiger partial charge in [-0.1, -0.05) is 45.5 Å². The predicted octanol–water partition coefficient (Wildman–Crippen LogP) is 4.04. The number of aryl methyl sites for hydroxylation is 1. The summed E-state index contributed by atoms with van der Waals surface area (Å²) in [5.41, 5.74) is 1.38. The number of benzene rings is 1. The molecule has 0 saturated heterocycles. The molecular weight excluding hydrogens is 442 g/mol. The summed E-state index contributed by atoms with van der Waals surface area (Å²) in [6.45, 7) is 11.5. The summed E-state index contributed by atoms with van der Waals surface area (Å²) in [6, 6.07) is 4.45. The van der Waals surface area contributed by atoms with Crippen molar-refractivity contribution in [2.45, 2.75) is 51.6 Å². The number of carbonyl (C=O) groups excluding carboxylic acids is 1. The van der Waals surface area contributed by atoms with Crippen LogP contribution in [0.25, 0.3) is 11.0 Å². The summed E-state index contributed by atoms with van der Waals surface area (Å²) in [5.74, 6) is 0.831. The van der Waals surface area contributed by atoms with E-state index in [1.807, 2.05) is 0 Å². The fourth-order valence-electron chi connectivity index (χ4n) is 3.12. The Bertz CT molecular complexity index is 1160. The van der Waals surface area contributed by atoms with E-state index in [-0.39, 0.29) is 17.2 Å². The SMILES string of the molecule is Cc1ccc(C(=O)NCCn2ncc3c(NCC(C)C)nc(SC(C)C)nc32)cc1[N+](=O)[O-].